The van der Waals surface area contributed by atoms with Crippen LogP contribution in [0.5, 0.6) is 0 Å². The summed E-state index contributed by atoms with van der Waals surface area (Å²) in [5, 5.41) is 3.64. The van der Waals surface area contributed by atoms with Crippen molar-refractivity contribution < 1.29 is 14.4 Å². The Morgan fingerprint density at radius 3 is 2.65 bits per heavy atom. The number of amides is 2. The Hall–Kier alpha value is -3.95. The third-order valence-corrected chi connectivity index (χ3v) is 7.07. The van der Waals surface area contributed by atoms with Gasteiger partial charge < -0.3 is 4.90 Å². The topological polar surface area (TPSA) is 105 Å². The van der Waals surface area contributed by atoms with E-state index in [9.17, 15) is 14.4 Å². The highest BCUT2D eigenvalue weighted by Gasteiger charge is 2.35. The summed E-state index contributed by atoms with van der Waals surface area (Å²) in [6.07, 6.45) is 2.08. The van der Waals surface area contributed by atoms with Crippen molar-refractivity contribution in [2.75, 3.05) is 5.32 Å². The third kappa shape index (κ3) is 5.58. The molecule has 0 saturated heterocycles. The summed E-state index contributed by atoms with van der Waals surface area (Å²) in [6.45, 7) is 1.95. The molecule has 186 valence electrons. The van der Waals surface area contributed by atoms with E-state index in [0.717, 1.165) is 22.8 Å². The zero-order valence-electron chi connectivity index (χ0n) is 19.8. The molecular weight excluding hydrogens is 510 g/mol. The number of nitrogens with one attached hydrogen (secondary N) is 1. The summed E-state index contributed by atoms with van der Waals surface area (Å²) in [6, 6.07) is 16.8. The van der Waals surface area contributed by atoms with Gasteiger partial charge in [-0.1, -0.05) is 29.8 Å². The van der Waals surface area contributed by atoms with Gasteiger partial charge in [0.05, 0.1) is 6.04 Å². The molecule has 1 aliphatic rings. The summed E-state index contributed by atoms with van der Waals surface area (Å²) in [4.78, 5) is 49.8. The van der Waals surface area contributed by atoms with E-state index in [-0.39, 0.29) is 30.6 Å². The number of hydrogen-bond acceptors (Lipinski definition) is 7. The van der Waals surface area contributed by atoms with E-state index in [4.69, 9.17) is 11.6 Å². The number of aryl methyl sites for hydroxylation is 1. The molecule has 8 nitrogen and oxygen atoms in total. The van der Waals surface area contributed by atoms with Gasteiger partial charge in [-0.2, -0.15) is 4.37 Å². The minimum absolute atomic E-state index is 0.0802. The molecule has 0 saturated carbocycles. The lowest BCUT2D eigenvalue weighted by atomic mass is 9.99. The van der Waals surface area contributed by atoms with Crippen LogP contribution in [0.2, 0.25) is 5.02 Å². The van der Waals surface area contributed by atoms with Gasteiger partial charge in [0.1, 0.15) is 5.82 Å². The van der Waals surface area contributed by atoms with E-state index in [1.807, 2.05) is 18.2 Å². The maximum atomic E-state index is 13.7. The predicted molar refractivity (Wildman–Crippen MR) is 141 cm³/mol. The zero-order valence-corrected chi connectivity index (χ0v) is 21.4. The fourth-order valence-corrected chi connectivity index (χ4v) is 5.06. The standard InChI is InChI=1S/C27H22ClN5O3S/c1-16-30-27(37-32-16)31-25(35)18-7-5-17(6-8-18)15-33-23(14-21-4-2-3-11-29-21)24(34)13-19-12-20(28)9-10-22(19)26(33)36/h2-12,23H,13-15H2,1H3,(H,30,31,32,35)/t23-/m1/s1. The highest BCUT2D eigenvalue weighted by atomic mass is 35.5. The van der Waals surface area contributed by atoms with E-state index in [2.05, 4.69) is 19.7 Å². The van der Waals surface area contributed by atoms with Gasteiger partial charge in [0.25, 0.3) is 11.8 Å². The van der Waals surface area contributed by atoms with Gasteiger partial charge in [0, 0.05) is 59.0 Å². The number of Topliss-reactive ketones (excluding diaryl/α,β-unsaturated/α-hetero) is 1. The normalized spacial score (nSPS) is 15.3. The number of hydrogen-bond donors (Lipinski definition) is 1. The second kappa shape index (κ2) is 10.6. The number of benzene rings is 2. The lowest BCUT2D eigenvalue weighted by Crippen LogP contribution is -2.44. The number of halogens is 1. The lowest BCUT2D eigenvalue weighted by molar-refractivity contribution is -0.122. The SMILES string of the molecule is Cc1nsc(NC(=O)c2ccc(CN3C(=O)c4ccc(Cl)cc4CC(=O)[C@H]3Cc3ccccn3)cc2)n1. The molecule has 1 N–H and O–H groups in total. The molecular formula is C27H22ClN5O3S. The maximum absolute atomic E-state index is 13.7. The summed E-state index contributed by atoms with van der Waals surface area (Å²) in [5.74, 6) is -0.0331. The fraction of sp³-hybridized carbons (Fsp3) is 0.185. The van der Waals surface area contributed by atoms with Crippen LogP contribution in [0, 0.1) is 6.92 Å². The predicted octanol–water partition coefficient (Wildman–Crippen LogP) is 4.53. The second-order valence-corrected chi connectivity index (χ2v) is 9.90. The van der Waals surface area contributed by atoms with E-state index >= 15 is 0 Å². The number of pyridine rings is 1. The number of rotatable bonds is 6. The number of fused-ring (bicyclic) bond motifs is 1. The Morgan fingerprint density at radius 1 is 1.14 bits per heavy atom. The fourth-order valence-electron chi connectivity index (χ4n) is 4.29. The van der Waals surface area contributed by atoms with Gasteiger partial charge in [0.15, 0.2) is 5.78 Å². The van der Waals surface area contributed by atoms with Crippen molar-refractivity contribution in [1.82, 2.24) is 19.2 Å². The summed E-state index contributed by atoms with van der Waals surface area (Å²) >= 11 is 7.28. The molecule has 37 heavy (non-hydrogen) atoms. The average molecular weight is 532 g/mol. The summed E-state index contributed by atoms with van der Waals surface area (Å²) in [5.41, 5.74) is 3.04. The van der Waals surface area contributed by atoms with Crippen LogP contribution < -0.4 is 5.32 Å². The second-order valence-electron chi connectivity index (χ2n) is 8.72. The Balaban J connectivity index is 1.42. The molecule has 5 rings (SSSR count). The number of nitrogens with zero attached hydrogens (tertiary/aromatic N) is 4. The van der Waals surface area contributed by atoms with Crippen molar-refractivity contribution in [3.05, 3.63) is 106 Å². The van der Waals surface area contributed by atoms with Crippen molar-refractivity contribution in [2.24, 2.45) is 0 Å². The molecule has 2 amide bonds. The molecule has 2 aromatic heterocycles. The maximum Gasteiger partial charge on any atom is 0.257 e. The monoisotopic (exact) mass is 531 g/mol. The molecule has 2 aromatic carbocycles. The van der Waals surface area contributed by atoms with Crippen LogP contribution in [0.15, 0.2) is 66.9 Å². The first-order chi connectivity index (χ1) is 17.9. The van der Waals surface area contributed by atoms with Gasteiger partial charge in [-0.25, -0.2) is 4.98 Å². The van der Waals surface area contributed by atoms with Gasteiger partial charge in [0.2, 0.25) is 5.13 Å². The number of ketones is 1. The number of carbonyl (C=O) groups is 3. The van der Waals surface area contributed by atoms with Crippen molar-refractivity contribution in [3.63, 3.8) is 0 Å². The molecule has 10 heteroatoms. The molecule has 0 spiro atoms. The van der Waals surface area contributed by atoms with E-state index in [1.54, 1.807) is 60.5 Å². The molecule has 1 aliphatic heterocycles. The molecule has 1 atom stereocenters. The molecule has 0 fully saturated rings. The van der Waals surface area contributed by atoms with Crippen molar-refractivity contribution in [3.8, 4) is 0 Å². The van der Waals surface area contributed by atoms with E-state index in [1.165, 1.54) is 0 Å². The highest BCUT2D eigenvalue weighted by Crippen LogP contribution is 2.27. The summed E-state index contributed by atoms with van der Waals surface area (Å²) < 4.78 is 4.06. The van der Waals surface area contributed by atoms with Gasteiger partial charge >= 0.3 is 0 Å². The number of aromatic nitrogens is 3. The minimum atomic E-state index is -0.697. The van der Waals surface area contributed by atoms with Crippen molar-refractivity contribution >= 4 is 45.9 Å². The van der Waals surface area contributed by atoms with E-state index < -0.39 is 6.04 Å². The van der Waals surface area contributed by atoms with Crippen LogP contribution in [0.3, 0.4) is 0 Å². The number of anilines is 1. The van der Waals surface area contributed by atoms with Crippen LogP contribution in [-0.4, -0.2) is 42.9 Å². The van der Waals surface area contributed by atoms with Crippen molar-refractivity contribution in [1.29, 1.82) is 0 Å². The first-order valence-corrected chi connectivity index (χ1v) is 12.7. The van der Waals surface area contributed by atoms with Gasteiger partial charge in [-0.15, -0.1) is 0 Å². The zero-order chi connectivity index (χ0) is 25.9. The molecule has 0 bridgehead atoms. The van der Waals surface area contributed by atoms with Crippen LogP contribution in [0.1, 0.15) is 43.4 Å². The van der Waals surface area contributed by atoms with Gasteiger partial charge in [-0.05, 0) is 60.5 Å². The van der Waals surface area contributed by atoms with Crippen LogP contribution in [0.4, 0.5) is 5.13 Å². The highest BCUT2D eigenvalue weighted by molar-refractivity contribution is 7.09. The molecule has 0 radical (unpaired) electrons. The summed E-state index contributed by atoms with van der Waals surface area (Å²) in [7, 11) is 0. The lowest BCUT2D eigenvalue weighted by Gasteiger charge is -2.29. The Bertz CT molecular complexity index is 1470. The molecule has 4 aromatic rings. The molecule has 0 unspecified atom stereocenters. The largest absolute Gasteiger partial charge is 0.324 e. The smallest absolute Gasteiger partial charge is 0.257 e. The average Bonchev–Trinajstić information content (AvgIpc) is 3.27. The Labute approximate surface area is 222 Å². The molecule has 0 aliphatic carbocycles. The van der Waals surface area contributed by atoms with E-state index in [0.29, 0.717) is 39.1 Å². The minimum Gasteiger partial charge on any atom is -0.324 e. The Kier molecular flexibility index (Phi) is 7.07. The van der Waals surface area contributed by atoms with Crippen LogP contribution >= 0.6 is 23.1 Å². The van der Waals surface area contributed by atoms with Gasteiger partial charge in [-0.3, -0.25) is 24.7 Å². The first kappa shape index (κ1) is 24.7. The van der Waals surface area contributed by atoms with Crippen LogP contribution in [0.25, 0.3) is 0 Å². The Morgan fingerprint density at radius 2 is 1.95 bits per heavy atom. The van der Waals surface area contributed by atoms with Crippen LogP contribution in [-0.2, 0) is 24.2 Å². The van der Waals surface area contributed by atoms with Crippen molar-refractivity contribution in [2.45, 2.75) is 32.4 Å². The quantitative estimate of drug-likeness (QED) is 0.392. The number of carbonyl (C=O) groups excluding carboxylic acids is 3. The molecule has 3 heterocycles. The first-order valence-electron chi connectivity index (χ1n) is 11.6. The third-order valence-electron chi connectivity index (χ3n) is 6.12.